The van der Waals surface area contributed by atoms with Crippen molar-refractivity contribution in [2.75, 3.05) is 7.11 Å². The Morgan fingerprint density at radius 1 is 1.03 bits per heavy atom. The van der Waals surface area contributed by atoms with E-state index in [9.17, 15) is 4.79 Å². The first kappa shape index (κ1) is 20.1. The zero-order valence-corrected chi connectivity index (χ0v) is 18.2. The molecular weight excluding hydrogens is 400 g/mol. The van der Waals surface area contributed by atoms with E-state index in [1.807, 2.05) is 42.5 Å². The summed E-state index contributed by atoms with van der Waals surface area (Å²) in [6.45, 7) is 3.34. The second-order valence-corrected chi connectivity index (χ2v) is 8.01. The second-order valence-electron chi connectivity index (χ2n) is 8.01. The molecule has 0 fully saturated rings. The number of methoxy groups -OCH3 is 1. The van der Waals surface area contributed by atoms with Crippen molar-refractivity contribution >= 4 is 22.6 Å². The maximum Gasteiger partial charge on any atom is 0.281 e. The minimum absolute atomic E-state index is 0.184. The van der Waals surface area contributed by atoms with Crippen molar-refractivity contribution in [3.05, 3.63) is 99.6 Å². The first-order valence-electron chi connectivity index (χ1n) is 10.7. The number of nitrogens with zero attached hydrogens (tertiary/aromatic N) is 2. The van der Waals surface area contributed by atoms with Gasteiger partial charge < -0.3 is 14.0 Å². The van der Waals surface area contributed by atoms with E-state index in [0.29, 0.717) is 23.5 Å². The lowest BCUT2D eigenvalue weighted by molar-refractivity contribution is 0.284. The Morgan fingerprint density at radius 3 is 2.66 bits per heavy atom. The summed E-state index contributed by atoms with van der Waals surface area (Å²) in [4.78, 5) is 16.9. The monoisotopic (exact) mass is 424 g/mol. The molecule has 0 spiro atoms. The van der Waals surface area contributed by atoms with E-state index >= 15 is 0 Å². The summed E-state index contributed by atoms with van der Waals surface area (Å²) >= 11 is 0. The van der Waals surface area contributed by atoms with Gasteiger partial charge in [0.15, 0.2) is 11.5 Å². The molecule has 0 bridgehead atoms. The molecule has 32 heavy (non-hydrogen) atoms. The standard InChI is InChI=1S/C27H24N2O3/c1-18-7-9-19(10-8-18)17-32-25-16-20(11-12-24(25)31-2)15-21-13-14-29-23-6-4-3-5-22(23)27(30)28-26(21)29/h3-12,15-16H,13-14,17H2,1-2H3/b21-15-. The quantitative estimate of drug-likeness (QED) is 0.440. The Bertz CT molecular complexity index is 1380. The van der Waals surface area contributed by atoms with Gasteiger partial charge in [-0.05, 0) is 60.4 Å². The molecule has 0 atom stereocenters. The number of hydrogen-bond donors (Lipinski definition) is 0. The van der Waals surface area contributed by atoms with E-state index < -0.39 is 0 Å². The molecule has 2 heterocycles. The average molecular weight is 425 g/mol. The highest BCUT2D eigenvalue weighted by atomic mass is 16.5. The molecular formula is C27H24N2O3. The van der Waals surface area contributed by atoms with Crippen LogP contribution < -0.4 is 15.0 Å². The number of benzene rings is 3. The molecule has 0 unspecified atom stereocenters. The number of hydrogen-bond acceptors (Lipinski definition) is 4. The van der Waals surface area contributed by atoms with Gasteiger partial charge in [-0.25, -0.2) is 0 Å². The van der Waals surface area contributed by atoms with Crippen LogP contribution in [0.15, 0.2) is 71.5 Å². The van der Waals surface area contributed by atoms with Crippen molar-refractivity contribution in [1.82, 2.24) is 9.55 Å². The van der Waals surface area contributed by atoms with Crippen LogP contribution in [0.2, 0.25) is 0 Å². The Kier molecular flexibility index (Phi) is 5.23. The van der Waals surface area contributed by atoms with Crippen LogP contribution in [-0.4, -0.2) is 16.7 Å². The summed E-state index contributed by atoms with van der Waals surface area (Å²) in [5.74, 6) is 2.11. The van der Waals surface area contributed by atoms with E-state index in [2.05, 4.69) is 46.8 Å². The Morgan fingerprint density at radius 2 is 1.84 bits per heavy atom. The van der Waals surface area contributed by atoms with Crippen LogP contribution in [0.5, 0.6) is 11.5 Å². The molecule has 0 radical (unpaired) electrons. The molecule has 5 nitrogen and oxygen atoms in total. The Hall–Kier alpha value is -3.86. The van der Waals surface area contributed by atoms with E-state index in [1.165, 1.54) is 5.56 Å². The highest BCUT2D eigenvalue weighted by Crippen LogP contribution is 2.33. The van der Waals surface area contributed by atoms with Gasteiger partial charge in [-0.1, -0.05) is 48.0 Å². The summed E-state index contributed by atoms with van der Waals surface area (Å²) in [5, 5.41) is 0.661. The summed E-state index contributed by atoms with van der Waals surface area (Å²) in [5.41, 5.74) is 5.09. The van der Waals surface area contributed by atoms with Crippen LogP contribution in [0.4, 0.5) is 0 Å². The number of rotatable bonds is 5. The smallest absolute Gasteiger partial charge is 0.281 e. The molecule has 4 aromatic rings. The van der Waals surface area contributed by atoms with Crippen molar-refractivity contribution in [3.63, 3.8) is 0 Å². The molecule has 0 saturated carbocycles. The maximum atomic E-state index is 12.5. The number of para-hydroxylation sites is 1. The molecule has 1 aliphatic heterocycles. The Balaban J connectivity index is 1.47. The van der Waals surface area contributed by atoms with E-state index in [4.69, 9.17) is 9.47 Å². The lowest BCUT2D eigenvalue weighted by Crippen LogP contribution is -2.14. The fourth-order valence-electron chi connectivity index (χ4n) is 4.12. The SMILES string of the molecule is COc1ccc(/C=C2/CCn3c2nc(=O)c2ccccc23)cc1OCc1ccc(C)cc1. The topological polar surface area (TPSA) is 53.4 Å². The molecule has 5 rings (SSSR count). The number of aromatic nitrogens is 2. The van der Waals surface area contributed by atoms with Gasteiger partial charge in [0.05, 0.1) is 18.0 Å². The van der Waals surface area contributed by atoms with E-state index in [0.717, 1.165) is 41.0 Å². The lowest BCUT2D eigenvalue weighted by Gasteiger charge is -2.12. The Labute approximate surface area is 186 Å². The third kappa shape index (κ3) is 3.78. The molecule has 1 aromatic heterocycles. The first-order valence-corrected chi connectivity index (χ1v) is 10.7. The summed E-state index contributed by atoms with van der Waals surface area (Å²) < 4.78 is 13.7. The largest absolute Gasteiger partial charge is 0.493 e. The predicted molar refractivity (Wildman–Crippen MR) is 127 cm³/mol. The van der Waals surface area contributed by atoms with Crippen LogP contribution in [0.3, 0.4) is 0 Å². The van der Waals surface area contributed by atoms with Crippen molar-refractivity contribution in [2.45, 2.75) is 26.5 Å². The molecule has 1 aliphatic rings. The van der Waals surface area contributed by atoms with Crippen LogP contribution >= 0.6 is 0 Å². The molecule has 3 aromatic carbocycles. The van der Waals surface area contributed by atoms with Crippen molar-refractivity contribution in [2.24, 2.45) is 0 Å². The molecule has 0 aliphatic carbocycles. The van der Waals surface area contributed by atoms with Crippen LogP contribution in [-0.2, 0) is 13.2 Å². The van der Waals surface area contributed by atoms with Gasteiger partial charge in [0, 0.05) is 6.54 Å². The third-order valence-corrected chi connectivity index (χ3v) is 5.82. The van der Waals surface area contributed by atoms with Crippen LogP contribution in [0.1, 0.15) is 28.9 Å². The van der Waals surface area contributed by atoms with Crippen molar-refractivity contribution < 1.29 is 9.47 Å². The molecule has 0 saturated heterocycles. The molecule has 5 heteroatoms. The third-order valence-electron chi connectivity index (χ3n) is 5.82. The van der Waals surface area contributed by atoms with Gasteiger partial charge >= 0.3 is 0 Å². The fourth-order valence-corrected chi connectivity index (χ4v) is 4.12. The van der Waals surface area contributed by atoms with E-state index in [1.54, 1.807) is 7.11 Å². The molecule has 160 valence electrons. The number of fused-ring (bicyclic) bond motifs is 3. The van der Waals surface area contributed by atoms with Gasteiger partial charge in [0.25, 0.3) is 5.56 Å². The van der Waals surface area contributed by atoms with Crippen molar-refractivity contribution in [1.29, 1.82) is 0 Å². The summed E-state index contributed by atoms with van der Waals surface area (Å²) in [7, 11) is 1.64. The zero-order valence-electron chi connectivity index (χ0n) is 18.2. The van der Waals surface area contributed by atoms with Gasteiger partial charge in [0.1, 0.15) is 12.4 Å². The van der Waals surface area contributed by atoms with Gasteiger partial charge in [-0.3, -0.25) is 4.79 Å². The normalized spacial score (nSPS) is 14.0. The van der Waals surface area contributed by atoms with Gasteiger partial charge in [-0.2, -0.15) is 4.98 Å². The molecule has 0 N–H and O–H groups in total. The predicted octanol–water partition coefficient (Wildman–Crippen LogP) is 5.24. The lowest BCUT2D eigenvalue weighted by atomic mass is 10.1. The number of ether oxygens (including phenoxy) is 2. The van der Waals surface area contributed by atoms with Gasteiger partial charge in [0.2, 0.25) is 0 Å². The van der Waals surface area contributed by atoms with Crippen LogP contribution in [0, 0.1) is 6.92 Å². The number of allylic oxidation sites excluding steroid dienone is 1. The highest BCUT2D eigenvalue weighted by molar-refractivity contribution is 5.86. The summed E-state index contributed by atoms with van der Waals surface area (Å²) in [6, 6.07) is 21.8. The second kappa shape index (κ2) is 8.35. The zero-order chi connectivity index (χ0) is 22.1. The minimum atomic E-state index is -0.184. The average Bonchev–Trinajstić information content (AvgIpc) is 3.21. The van der Waals surface area contributed by atoms with E-state index in [-0.39, 0.29) is 5.56 Å². The van der Waals surface area contributed by atoms with Gasteiger partial charge in [-0.15, -0.1) is 0 Å². The number of aryl methyl sites for hydroxylation is 2. The summed E-state index contributed by atoms with van der Waals surface area (Å²) in [6.07, 6.45) is 2.91. The van der Waals surface area contributed by atoms with Crippen molar-refractivity contribution in [3.8, 4) is 11.5 Å². The fraction of sp³-hybridized carbons (Fsp3) is 0.185. The van der Waals surface area contributed by atoms with Crippen LogP contribution in [0.25, 0.3) is 22.6 Å². The maximum absolute atomic E-state index is 12.5. The molecule has 0 amide bonds. The highest BCUT2D eigenvalue weighted by Gasteiger charge is 2.20. The first-order chi connectivity index (χ1) is 15.6. The minimum Gasteiger partial charge on any atom is -0.493 e.